The number of nitrogens with one attached hydrogen (secondary N) is 2. The Hall–Kier alpha value is -4.18. The third kappa shape index (κ3) is 5.85. The van der Waals surface area contributed by atoms with Crippen molar-refractivity contribution >= 4 is 35.0 Å². The lowest BCUT2D eigenvalue weighted by atomic mass is 10.1. The van der Waals surface area contributed by atoms with Crippen molar-refractivity contribution in [1.82, 2.24) is 14.8 Å². The molecule has 178 valence electrons. The Morgan fingerprint density at radius 1 is 0.971 bits per heavy atom. The van der Waals surface area contributed by atoms with Crippen LogP contribution in [-0.2, 0) is 11.8 Å². The Labute approximate surface area is 205 Å². The van der Waals surface area contributed by atoms with Crippen molar-refractivity contribution < 1.29 is 18.7 Å². The average Bonchev–Trinajstić information content (AvgIpc) is 3.24. The number of nitrogens with zero attached hydrogens (tertiary/aromatic N) is 3. The first-order valence-corrected chi connectivity index (χ1v) is 11.6. The van der Waals surface area contributed by atoms with E-state index in [1.54, 1.807) is 31.4 Å². The van der Waals surface area contributed by atoms with Crippen molar-refractivity contribution in [3.05, 3.63) is 84.2 Å². The molecule has 0 aliphatic rings. The molecule has 2 N–H and O–H groups in total. The van der Waals surface area contributed by atoms with Gasteiger partial charge in [-0.1, -0.05) is 23.9 Å². The second kappa shape index (κ2) is 10.8. The SMILES string of the molecule is COc1ccc(-c2nnc(SCC(=O)Nc3ccccc3C(=O)Nc3ccc(F)cc3)n2C)cc1. The van der Waals surface area contributed by atoms with Gasteiger partial charge in [0.05, 0.1) is 24.1 Å². The van der Waals surface area contributed by atoms with Crippen LogP contribution in [0.4, 0.5) is 15.8 Å². The Balaban J connectivity index is 1.39. The summed E-state index contributed by atoms with van der Waals surface area (Å²) in [6.07, 6.45) is 0. The maximum atomic E-state index is 13.1. The van der Waals surface area contributed by atoms with Gasteiger partial charge in [0.15, 0.2) is 11.0 Å². The summed E-state index contributed by atoms with van der Waals surface area (Å²) < 4.78 is 20.1. The monoisotopic (exact) mass is 491 g/mol. The predicted molar refractivity (Wildman–Crippen MR) is 133 cm³/mol. The summed E-state index contributed by atoms with van der Waals surface area (Å²) in [5.41, 5.74) is 1.98. The number of methoxy groups -OCH3 is 1. The number of ether oxygens (including phenoxy) is 1. The summed E-state index contributed by atoms with van der Waals surface area (Å²) in [5.74, 6) is 0.366. The van der Waals surface area contributed by atoms with E-state index in [-0.39, 0.29) is 17.2 Å². The van der Waals surface area contributed by atoms with Gasteiger partial charge in [-0.05, 0) is 60.7 Å². The lowest BCUT2D eigenvalue weighted by molar-refractivity contribution is -0.113. The van der Waals surface area contributed by atoms with Gasteiger partial charge >= 0.3 is 0 Å². The number of hydrogen-bond donors (Lipinski definition) is 2. The summed E-state index contributed by atoms with van der Waals surface area (Å²) in [4.78, 5) is 25.4. The maximum Gasteiger partial charge on any atom is 0.257 e. The highest BCUT2D eigenvalue weighted by Gasteiger charge is 2.16. The van der Waals surface area contributed by atoms with Crippen molar-refractivity contribution in [2.45, 2.75) is 5.16 Å². The number of rotatable bonds is 8. The van der Waals surface area contributed by atoms with E-state index in [9.17, 15) is 14.0 Å². The van der Waals surface area contributed by atoms with Crippen molar-refractivity contribution in [1.29, 1.82) is 0 Å². The molecule has 0 spiro atoms. The minimum Gasteiger partial charge on any atom is -0.497 e. The van der Waals surface area contributed by atoms with Crippen LogP contribution >= 0.6 is 11.8 Å². The molecular weight excluding hydrogens is 469 g/mol. The van der Waals surface area contributed by atoms with Gasteiger partial charge in [-0.2, -0.15) is 0 Å². The van der Waals surface area contributed by atoms with Gasteiger partial charge in [0, 0.05) is 18.3 Å². The molecule has 0 atom stereocenters. The highest BCUT2D eigenvalue weighted by atomic mass is 32.2. The fraction of sp³-hybridized carbons (Fsp3) is 0.120. The smallest absolute Gasteiger partial charge is 0.257 e. The van der Waals surface area contributed by atoms with E-state index in [0.29, 0.717) is 22.4 Å². The summed E-state index contributed by atoms with van der Waals surface area (Å²) in [6, 6.07) is 19.6. The molecule has 1 heterocycles. The third-order valence-corrected chi connectivity index (χ3v) is 6.08. The molecule has 0 aliphatic heterocycles. The Kier molecular flexibility index (Phi) is 7.41. The molecule has 35 heavy (non-hydrogen) atoms. The molecule has 0 bridgehead atoms. The number of carbonyl (C=O) groups is 2. The molecule has 4 aromatic rings. The van der Waals surface area contributed by atoms with Gasteiger partial charge in [0.1, 0.15) is 11.6 Å². The number of hydrogen-bond acceptors (Lipinski definition) is 6. The van der Waals surface area contributed by atoms with E-state index in [4.69, 9.17) is 4.74 Å². The van der Waals surface area contributed by atoms with Gasteiger partial charge in [0.25, 0.3) is 5.91 Å². The van der Waals surface area contributed by atoms with Crippen LogP contribution in [0, 0.1) is 5.82 Å². The van der Waals surface area contributed by atoms with Crippen molar-refractivity contribution in [2.24, 2.45) is 7.05 Å². The van der Waals surface area contributed by atoms with Crippen LogP contribution in [0.2, 0.25) is 0 Å². The van der Waals surface area contributed by atoms with Gasteiger partial charge in [-0.15, -0.1) is 10.2 Å². The van der Waals surface area contributed by atoms with Crippen LogP contribution in [-0.4, -0.2) is 39.4 Å². The van der Waals surface area contributed by atoms with Crippen LogP contribution in [0.15, 0.2) is 78.0 Å². The standard InChI is InChI=1S/C25H22FN5O3S/c1-31-23(16-7-13-19(34-2)14-8-16)29-30-25(31)35-15-22(32)28-21-6-4-3-5-20(21)24(33)27-18-11-9-17(26)10-12-18/h3-14H,15H2,1-2H3,(H,27,33)(H,28,32). The second-order valence-electron chi connectivity index (χ2n) is 7.44. The van der Waals surface area contributed by atoms with E-state index < -0.39 is 11.7 Å². The van der Waals surface area contributed by atoms with E-state index >= 15 is 0 Å². The molecule has 3 aromatic carbocycles. The van der Waals surface area contributed by atoms with Gasteiger partial charge in [-0.3, -0.25) is 9.59 Å². The van der Waals surface area contributed by atoms with E-state index in [0.717, 1.165) is 11.3 Å². The summed E-state index contributed by atoms with van der Waals surface area (Å²) in [6.45, 7) is 0. The molecule has 0 unspecified atom stereocenters. The molecular formula is C25H22FN5O3S. The minimum absolute atomic E-state index is 0.0719. The molecule has 10 heteroatoms. The van der Waals surface area contributed by atoms with Crippen LogP contribution in [0.1, 0.15) is 10.4 Å². The highest BCUT2D eigenvalue weighted by Crippen LogP contribution is 2.25. The number of anilines is 2. The zero-order valence-corrected chi connectivity index (χ0v) is 19.8. The molecule has 0 aliphatic carbocycles. The zero-order valence-electron chi connectivity index (χ0n) is 19.0. The first-order chi connectivity index (χ1) is 16.9. The highest BCUT2D eigenvalue weighted by molar-refractivity contribution is 7.99. The Bertz CT molecular complexity index is 1340. The largest absolute Gasteiger partial charge is 0.497 e. The normalized spacial score (nSPS) is 10.6. The fourth-order valence-electron chi connectivity index (χ4n) is 3.27. The molecule has 1 aromatic heterocycles. The number of amides is 2. The fourth-order valence-corrected chi connectivity index (χ4v) is 3.98. The van der Waals surface area contributed by atoms with Crippen LogP contribution in [0.3, 0.4) is 0 Å². The van der Waals surface area contributed by atoms with Crippen molar-refractivity contribution in [3.8, 4) is 17.1 Å². The Morgan fingerprint density at radius 2 is 1.69 bits per heavy atom. The van der Waals surface area contributed by atoms with Crippen molar-refractivity contribution in [3.63, 3.8) is 0 Å². The van der Waals surface area contributed by atoms with Gasteiger partial charge in [-0.25, -0.2) is 4.39 Å². The molecule has 0 saturated carbocycles. The number of thioether (sulfide) groups is 1. The third-order valence-electron chi connectivity index (χ3n) is 5.06. The van der Waals surface area contributed by atoms with Crippen LogP contribution in [0.25, 0.3) is 11.4 Å². The zero-order chi connectivity index (χ0) is 24.8. The van der Waals surface area contributed by atoms with Crippen LogP contribution in [0.5, 0.6) is 5.75 Å². The summed E-state index contributed by atoms with van der Waals surface area (Å²) in [7, 11) is 3.43. The quantitative estimate of drug-likeness (QED) is 0.349. The van der Waals surface area contributed by atoms with E-state index in [2.05, 4.69) is 20.8 Å². The topological polar surface area (TPSA) is 98.1 Å². The minimum atomic E-state index is -0.419. The predicted octanol–water partition coefficient (Wildman–Crippen LogP) is 4.61. The second-order valence-corrected chi connectivity index (χ2v) is 8.38. The molecule has 0 fully saturated rings. The van der Waals surface area contributed by atoms with Gasteiger partial charge in [0.2, 0.25) is 5.91 Å². The van der Waals surface area contributed by atoms with E-state index in [1.807, 2.05) is 35.9 Å². The summed E-state index contributed by atoms with van der Waals surface area (Å²) in [5, 5.41) is 14.5. The summed E-state index contributed by atoms with van der Waals surface area (Å²) >= 11 is 1.23. The average molecular weight is 492 g/mol. The van der Waals surface area contributed by atoms with Crippen molar-refractivity contribution in [2.75, 3.05) is 23.5 Å². The number of aromatic nitrogens is 3. The number of benzene rings is 3. The van der Waals surface area contributed by atoms with E-state index in [1.165, 1.54) is 36.0 Å². The lowest BCUT2D eigenvalue weighted by Crippen LogP contribution is -2.19. The molecule has 4 rings (SSSR count). The first-order valence-electron chi connectivity index (χ1n) is 10.6. The molecule has 2 amide bonds. The van der Waals surface area contributed by atoms with Gasteiger partial charge < -0.3 is 19.9 Å². The number of carbonyl (C=O) groups excluding carboxylic acids is 2. The molecule has 0 saturated heterocycles. The molecule has 8 nitrogen and oxygen atoms in total. The first kappa shape index (κ1) is 24.0. The maximum absolute atomic E-state index is 13.1. The number of halogens is 1. The van der Waals surface area contributed by atoms with Crippen LogP contribution < -0.4 is 15.4 Å². The lowest BCUT2D eigenvalue weighted by Gasteiger charge is -2.11. The molecule has 0 radical (unpaired) electrons. The Morgan fingerprint density at radius 3 is 2.40 bits per heavy atom. The number of para-hydroxylation sites is 1.